The molecule has 10 nitrogen and oxygen atoms in total. The Morgan fingerprint density at radius 1 is 1.21 bits per heavy atom. The van der Waals surface area contributed by atoms with Crippen LogP contribution in [0, 0.1) is 10.1 Å². The molecule has 34 heavy (non-hydrogen) atoms. The van der Waals surface area contributed by atoms with Crippen LogP contribution in [0.15, 0.2) is 40.8 Å². The highest BCUT2D eigenvalue weighted by Gasteiger charge is 2.29. The maximum atomic E-state index is 12.5. The lowest BCUT2D eigenvalue weighted by atomic mass is 9.96. The van der Waals surface area contributed by atoms with Gasteiger partial charge in [-0.25, -0.2) is 9.78 Å². The van der Waals surface area contributed by atoms with E-state index in [1.165, 1.54) is 31.0 Å². The molecule has 178 valence electrons. The first-order chi connectivity index (χ1) is 16.5. The molecular formula is C24H26N4O6. The molecule has 1 atom stereocenters. The third-order valence-electron chi connectivity index (χ3n) is 6.43. The van der Waals surface area contributed by atoms with E-state index in [1.54, 1.807) is 12.0 Å². The molecule has 1 unspecified atom stereocenters. The fraction of sp³-hybridized carbons (Fsp3) is 0.417. The number of non-ortho nitro benzene ring substituents is 1. The molecule has 1 N–H and O–H groups in total. The quantitative estimate of drug-likeness (QED) is 0.405. The predicted molar refractivity (Wildman–Crippen MR) is 123 cm³/mol. The first-order valence-corrected chi connectivity index (χ1v) is 11.4. The molecule has 1 aromatic heterocycles. The topological polar surface area (TPSA) is 120 Å². The van der Waals surface area contributed by atoms with Crippen molar-refractivity contribution in [3.63, 3.8) is 0 Å². The van der Waals surface area contributed by atoms with E-state index in [4.69, 9.17) is 13.9 Å². The number of nitrogens with one attached hydrogen (secondary N) is 1. The number of hydrogen-bond donors (Lipinski definition) is 1. The van der Waals surface area contributed by atoms with Crippen molar-refractivity contribution in [3.8, 4) is 11.5 Å². The summed E-state index contributed by atoms with van der Waals surface area (Å²) in [6, 6.07) is 9.97. The van der Waals surface area contributed by atoms with Crippen LogP contribution in [-0.2, 0) is 6.54 Å². The number of nitro benzene ring substituents is 1. The molecule has 2 amide bonds. The molecule has 0 radical (unpaired) electrons. The van der Waals surface area contributed by atoms with E-state index in [0.717, 1.165) is 24.2 Å². The first-order valence-electron chi connectivity index (χ1n) is 11.4. The van der Waals surface area contributed by atoms with Crippen molar-refractivity contribution >= 4 is 22.8 Å². The van der Waals surface area contributed by atoms with Crippen molar-refractivity contribution in [1.29, 1.82) is 0 Å². The van der Waals surface area contributed by atoms with Crippen LogP contribution >= 0.6 is 0 Å². The molecular weight excluding hydrogens is 440 g/mol. The van der Waals surface area contributed by atoms with Gasteiger partial charge in [0, 0.05) is 31.1 Å². The third kappa shape index (κ3) is 4.48. The van der Waals surface area contributed by atoms with Gasteiger partial charge in [-0.05, 0) is 49.4 Å². The fourth-order valence-electron chi connectivity index (χ4n) is 4.63. The van der Waals surface area contributed by atoms with Crippen LogP contribution in [0.5, 0.6) is 11.5 Å². The minimum absolute atomic E-state index is 0.0417. The molecule has 2 fully saturated rings. The Labute approximate surface area is 196 Å². The minimum atomic E-state index is -0.476. The Kier molecular flexibility index (Phi) is 5.95. The average molecular weight is 466 g/mol. The molecule has 0 spiro atoms. The van der Waals surface area contributed by atoms with Crippen LogP contribution in [0.25, 0.3) is 11.1 Å². The number of amides is 2. The van der Waals surface area contributed by atoms with Crippen molar-refractivity contribution in [1.82, 2.24) is 15.2 Å². The van der Waals surface area contributed by atoms with Gasteiger partial charge in [0.15, 0.2) is 17.1 Å². The van der Waals surface area contributed by atoms with Crippen LogP contribution in [0.2, 0.25) is 0 Å². The molecule has 1 saturated carbocycles. The number of fused-ring (bicyclic) bond motifs is 1. The molecule has 2 aromatic carbocycles. The number of aromatic nitrogens is 1. The van der Waals surface area contributed by atoms with E-state index in [1.807, 2.05) is 18.2 Å². The van der Waals surface area contributed by atoms with Gasteiger partial charge in [-0.2, -0.15) is 0 Å². The summed E-state index contributed by atoms with van der Waals surface area (Å²) < 4.78 is 17.5. The monoisotopic (exact) mass is 466 g/mol. The summed E-state index contributed by atoms with van der Waals surface area (Å²) in [5.74, 6) is 1.80. The third-order valence-corrected chi connectivity index (χ3v) is 6.43. The largest absolute Gasteiger partial charge is 0.493 e. The summed E-state index contributed by atoms with van der Waals surface area (Å²) in [7, 11) is 1.63. The molecule has 2 heterocycles. The summed E-state index contributed by atoms with van der Waals surface area (Å²) in [6.45, 7) is 1.14. The number of carbonyl (C=O) groups excluding carboxylic acids is 1. The number of urea groups is 1. The maximum Gasteiger partial charge on any atom is 0.317 e. The number of nitro groups is 1. The molecule has 2 aliphatic rings. The van der Waals surface area contributed by atoms with E-state index >= 15 is 0 Å². The van der Waals surface area contributed by atoms with Crippen LogP contribution in [0.3, 0.4) is 0 Å². The Hall–Kier alpha value is -3.82. The first kappa shape index (κ1) is 22.0. The number of hydrogen-bond acceptors (Lipinski definition) is 7. The number of ether oxygens (including phenoxy) is 2. The van der Waals surface area contributed by atoms with E-state index in [0.29, 0.717) is 35.8 Å². The van der Waals surface area contributed by atoms with Gasteiger partial charge >= 0.3 is 6.03 Å². The summed E-state index contributed by atoms with van der Waals surface area (Å²) >= 11 is 0. The van der Waals surface area contributed by atoms with E-state index in [2.05, 4.69) is 10.3 Å². The van der Waals surface area contributed by atoms with Gasteiger partial charge in [0.2, 0.25) is 5.89 Å². The second-order valence-corrected chi connectivity index (χ2v) is 8.71. The smallest absolute Gasteiger partial charge is 0.317 e. The molecule has 1 aliphatic heterocycles. The number of methoxy groups -OCH3 is 1. The van der Waals surface area contributed by atoms with Crippen molar-refractivity contribution in [2.24, 2.45) is 0 Å². The number of carbonyl (C=O) groups is 1. The second-order valence-electron chi connectivity index (χ2n) is 8.71. The fourth-order valence-corrected chi connectivity index (χ4v) is 4.63. The average Bonchev–Trinajstić information content (AvgIpc) is 3.49. The predicted octanol–water partition coefficient (Wildman–Crippen LogP) is 4.38. The lowest BCUT2D eigenvalue weighted by Gasteiger charge is -2.33. The van der Waals surface area contributed by atoms with Gasteiger partial charge in [-0.3, -0.25) is 10.1 Å². The number of rotatable bonds is 7. The number of benzene rings is 2. The normalized spacial score (nSPS) is 18.8. The Bertz CT molecular complexity index is 1220. The highest BCUT2D eigenvalue weighted by atomic mass is 16.6. The number of nitrogens with zero attached hydrogens (tertiary/aromatic N) is 3. The van der Waals surface area contributed by atoms with Gasteiger partial charge in [-0.1, -0.05) is 6.07 Å². The van der Waals surface area contributed by atoms with Crippen LogP contribution in [-0.4, -0.2) is 47.1 Å². The standard InChI is InChI=1S/C24H26N4O6/c1-32-21-8-6-15(10-22(21)33-18-4-2-3-5-18)16-12-25-24(29)27(13-16)14-23-26-19-11-17(28(30)31)7-9-20(19)34-23/h6-11,16,18H,2-5,12-14H2,1H3,(H,25,29). The minimum Gasteiger partial charge on any atom is -0.493 e. The summed E-state index contributed by atoms with van der Waals surface area (Å²) in [5, 5.41) is 13.9. The SMILES string of the molecule is COc1ccc(C2CNC(=O)N(Cc3nc4cc([N+](=O)[O-])ccc4o3)C2)cc1OC1CCCC1. The van der Waals surface area contributed by atoms with Crippen LogP contribution in [0.1, 0.15) is 43.1 Å². The van der Waals surface area contributed by atoms with Crippen LogP contribution in [0.4, 0.5) is 10.5 Å². The summed E-state index contributed by atoms with van der Waals surface area (Å²) in [5.41, 5.74) is 1.82. The number of oxazole rings is 1. The van der Waals surface area contributed by atoms with Gasteiger partial charge in [-0.15, -0.1) is 0 Å². The van der Waals surface area contributed by atoms with E-state index < -0.39 is 4.92 Å². The second kappa shape index (κ2) is 9.20. The Balaban J connectivity index is 1.33. The van der Waals surface area contributed by atoms with Crippen molar-refractivity contribution < 1.29 is 23.6 Å². The highest BCUT2D eigenvalue weighted by molar-refractivity contribution is 5.77. The molecule has 0 bridgehead atoms. The highest BCUT2D eigenvalue weighted by Crippen LogP contribution is 2.35. The molecule has 3 aromatic rings. The summed E-state index contributed by atoms with van der Waals surface area (Å²) in [4.78, 5) is 29.1. The van der Waals surface area contributed by atoms with Crippen molar-refractivity contribution in [3.05, 3.63) is 58.0 Å². The van der Waals surface area contributed by atoms with Crippen molar-refractivity contribution in [2.75, 3.05) is 20.2 Å². The molecule has 1 saturated heterocycles. The molecule has 10 heteroatoms. The Morgan fingerprint density at radius 2 is 2.03 bits per heavy atom. The van der Waals surface area contributed by atoms with E-state index in [-0.39, 0.29) is 30.3 Å². The van der Waals surface area contributed by atoms with Gasteiger partial charge < -0.3 is 24.1 Å². The lowest BCUT2D eigenvalue weighted by molar-refractivity contribution is -0.384. The Morgan fingerprint density at radius 3 is 2.79 bits per heavy atom. The van der Waals surface area contributed by atoms with Crippen LogP contribution < -0.4 is 14.8 Å². The molecule has 1 aliphatic carbocycles. The van der Waals surface area contributed by atoms with Gasteiger partial charge in [0.1, 0.15) is 5.52 Å². The van der Waals surface area contributed by atoms with Gasteiger partial charge in [0.05, 0.1) is 24.7 Å². The zero-order chi connectivity index (χ0) is 23.7. The van der Waals surface area contributed by atoms with Crippen molar-refractivity contribution in [2.45, 2.75) is 44.2 Å². The van der Waals surface area contributed by atoms with E-state index in [9.17, 15) is 14.9 Å². The maximum absolute atomic E-state index is 12.5. The lowest BCUT2D eigenvalue weighted by Crippen LogP contribution is -2.49. The zero-order valence-corrected chi connectivity index (χ0v) is 18.9. The molecule has 5 rings (SSSR count). The van der Waals surface area contributed by atoms with Gasteiger partial charge in [0.25, 0.3) is 5.69 Å². The zero-order valence-electron chi connectivity index (χ0n) is 18.9. The summed E-state index contributed by atoms with van der Waals surface area (Å²) in [6.07, 6.45) is 4.67.